The lowest BCUT2D eigenvalue weighted by Gasteiger charge is -1.98. The third-order valence-electron chi connectivity index (χ3n) is 1.95. The van der Waals surface area contributed by atoms with Crippen LogP contribution in [0.5, 0.6) is 0 Å². The van der Waals surface area contributed by atoms with Crippen LogP contribution in [0.2, 0.25) is 0 Å². The number of aromatic nitrogens is 2. The van der Waals surface area contributed by atoms with Gasteiger partial charge in [0.15, 0.2) is 5.69 Å². The van der Waals surface area contributed by atoms with Gasteiger partial charge in [0.2, 0.25) is 0 Å². The van der Waals surface area contributed by atoms with Crippen molar-refractivity contribution in [1.82, 2.24) is 9.97 Å². The van der Waals surface area contributed by atoms with Crippen molar-refractivity contribution < 1.29 is 14.3 Å². The molecule has 2 N–H and O–H groups in total. The van der Waals surface area contributed by atoms with Crippen molar-refractivity contribution in [2.75, 3.05) is 0 Å². The molecule has 0 unspecified atom stereocenters. The van der Waals surface area contributed by atoms with E-state index in [1.165, 1.54) is 24.5 Å². The number of carbonyl (C=O) groups is 1. The van der Waals surface area contributed by atoms with Gasteiger partial charge < -0.3 is 10.1 Å². The van der Waals surface area contributed by atoms with Gasteiger partial charge in [0, 0.05) is 5.56 Å². The topological polar surface area (TPSA) is 66.0 Å². The number of hydrogen-bond acceptors (Lipinski definition) is 2. The molecule has 76 valence electrons. The monoisotopic (exact) mass is 206 g/mol. The first kappa shape index (κ1) is 9.39. The van der Waals surface area contributed by atoms with Gasteiger partial charge in [0.1, 0.15) is 11.5 Å². The van der Waals surface area contributed by atoms with E-state index in [0.717, 1.165) is 0 Å². The normalized spacial score (nSPS) is 10.2. The second kappa shape index (κ2) is 3.53. The largest absolute Gasteiger partial charge is 0.477 e. The number of halogens is 1. The smallest absolute Gasteiger partial charge is 0.354 e. The van der Waals surface area contributed by atoms with Crippen molar-refractivity contribution in [3.63, 3.8) is 0 Å². The Morgan fingerprint density at radius 2 is 2.27 bits per heavy atom. The summed E-state index contributed by atoms with van der Waals surface area (Å²) in [6.07, 6.45) is 1.27. The Labute approximate surface area is 84.4 Å². The summed E-state index contributed by atoms with van der Waals surface area (Å²) in [4.78, 5) is 17.1. The number of nitrogens with zero attached hydrogens (tertiary/aromatic N) is 1. The quantitative estimate of drug-likeness (QED) is 0.788. The molecule has 15 heavy (non-hydrogen) atoms. The summed E-state index contributed by atoms with van der Waals surface area (Å²) in [5.41, 5.74) is 0.635. The van der Waals surface area contributed by atoms with Crippen LogP contribution in [-0.4, -0.2) is 21.0 Å². The molecule has 0 saturated heterocycles. The second-order valence-electron chi connectivity index (χ2n) is 2.94. The molecule has 0 aliphatic heterocycles. The lowest BCUT2D eigenvalue weighted by molar-refractivity contribution is 0.0692. The number of hydrogen-bond donors (Lipinski definition) is 2. The summed E-state index contributed by atoms with van der Waals surface area (Å²) < 4.78 is 12.9. The summed E-state index contributed by atoms with van der Waals surface area (Å²) >= 11 is 0. The molecule has 0 aliphatic carbocycles. The van der Waals surface area contributed by atoms with Gasteiger partial charge in [-0.05, 0) is 12.1 Å². The molecule has 0 saturated carbocycles. The standard InChI is InChI=1S/C10H7FN2O2/c11-7-3-1-2-6(4-7)8-9(10(14)15)13-5-12-8/h1-5H,(H,12,13)(H,14,15). The Hall–Kier alpha value is -2.17. The Balaban J connectivity index is 2.54. The van der Waals surface area contributed by atoms with Crippen LogP contribution in [0, 0.1) is 5.82 Å². The zero-order chi connectivity index (χ0) is 10.8. The maximum absolute atomic E-state index is 12.9. The van der Waals surface area contributed by atoms with Gasteiger partial charge in [-0.15, -0.1) is 0 Å². The Morgan fingerprint density at radius 3 is 2.93 bits per heavy atom. The molecule has 0 atom stereocenters. The van der Waals surface area contributed by atoms with Crippen molar-refractivity contribution in [1.29, 1.82) is 0 Å². The average Bonchev–Trinajstić information content (AvgIpc) is 2.65. The fraction of sp³-hybridized carbons (Fsp3) is 0. The minimum Gasteiger partial charge on any atom is -0.477 e. The van der Waals surface area contributed by atoms with E-state index in [9.17, 15) is 9.18 Å². The van der Waals surface area contributed by atoms with E-state index in [1.807, 2.05) is 0 Å². The van der Waals surface area contributed by atoms with Crippen molar-refractivity contribution in [3.05, 3.63) is 42.1 Å². The predicted molar refractivity (Wildman–Crippen MR) is 50.9 cm³/mol. The summed E-state index contributed by atoms with van der Waals surface area (Å²) in [5, 5.41) is 8.82. The highest BCUT2D eigenvalue weighted by Crippen LogP contribution is 2.20. The summed E-state index contributed by atoms with van der Waals surface area (Å²) in [6, 6.07) is 5.63. The van der Waals surface area contributed by atoms with Crippen LogP contribution in [0.4, 0.5) is 4.39 Å². The maximum atomic E-state index is 12.9. The summed E-state index contributed by atoms with van der Waals surface area (Å²) in [6.45, 7) is 0. The molecule has 0 bridgehead atoms. The van der Waals surface area contributed by atoms with E-state index >= 15 is 0 Å². The van der Waals surface area contributed by atoms with E-state index in [1.54, 1.807) is 6.07 Å². The van der Waals surface area contributed by atoms with Crippen LogP contribution in [-0.2, 0) is 0 Å². The molecule has 4 nitrogen and oxygen atoms in total. The van der Waals surface area contributed by atoms with Crippen LogP contribution in [0.1, 0.15) is 10.5 Å². The Morgan fingerprint density at radius 1 is 1.47 bits per heavy atom. The molecule has 1 aromatic heterocycles. The molecule has 0 radical (unpaired) electrons. The number of benzene rings is 1. The van der Waals surface area contributed by atoms with E-state index in [0.29, 0.717) is 5.56 Å². The number of imidazole rings is 1. The molecular formula is C10H7FN2O2. The lowest BCUT2D eigenvalue weighted by Crippen LogP contribution is -1.99. The summed E-state index contributed by atoms with van der Waals surface area (Å²) in [5.74, 6) is -1.54. The first-order chi connectivity index (χ1) is 7.18. The zero-order valence-corrected chi connectivity index (χ0v) is 7.57. The zero-order valence-electron chi connectivity index (χ0n) is 7.57. The highest BCUT2D eigenvalue weighted by Gasteiger charge is 2.14. The van der Waals surface area contributed by atoms with Gasteiger partial charge in [0.25, 0.3) is 0 Å². The third-order valence-corrected chi connectivity index (χ3v) is 1.95. The number of rotatable bonds is 2. The highest BCUT2D eigenvalue weighted by atomic mass is 19.1. The minimum atomic E-state index is -1.12. The van der Waals surface area contributed by atoms with E-state index in [-0.39, 0.29) is 11.4 Å². The maximum Gasteiger partial charge on any atom is 0.354 e. The van der Waals surface area contributed by atoms with Crippen LogP contribution >= 0.6 is 0 Å². The second-order valence-corrected chi connectivity index (χ2v) is 2.94. The van der Waals surface area contributed by atoms with Crippen LogP contribution in [0.15, 0.2) is 30.6 Å². The number of carboxylic acids is 1. The van der Waals surface area contributed by atoms with E-state index in [2.05, 4.69) is 9.97 Å². The number of nitrogens with one attached hydrogen (secondary N) is 1. The number of carboxylic acid groups (broad SMARTS) is 1. The van der Waals surface area contributed by atoms with Crippen LogP contribution in [0.25, 0.3) is 11.3 Å². The molecule has 0 fully saturated rings. The molecule has 1 heterocycles. The van der Waals surface area contributed by atoms with Crippen LogP contribution < -0.4 is 0 Å². The predicted octanol–water partition coefficient (Wildman–Crippen LogP) is 1.91. The fourth-order valence-electron chi connectivity index (χ4n) is 1.31. The average molecular weight is 206 g/mol. The number of H-pyrrole nitrogens is 1. The van der Waals surface area contributed by atoms with Gasteiger partial charge in [-0.2, -0.15) is 0 Å². The van der Waals surface area contributed by atoms with Gasteiger partial charge in [-0.1, -0.05) is 12.1 Å². The highest BCUT2D eigenvalue weighted by molar-refractivity contribution is 5.92. The Bertz CT molecular complexity index is 508. The number of aromatic amines is 1. The number of aromatic carboxylic acids is 1. The molecular weight excluding hydrogens is 199 g/mol. The molecule has 1 aromatic carbocycles. The van der Waals surface area contributed by atoms with Crippen LogP contribution in [0.3, 0.4) is 0 Å². The lowest BCUT2D eigenvalue weighted by atomic mass is 10.1. The van der Waals surface area contributed by atoms with E-state index < -0.39 is 11.8 Å². The van der Waals surface area contributed by atoms with Crippen molar-refractivity contribution in [2.24, 2.45) is 0 Å². The molecule has 2 rings (SSSR count). The molecule has 0 aliphatic rings. The third kappa shape index (κ3) is 1.71. The van der Waals surface area contributed by atoms with Crippen molar-refractivity contribution in [3.8, 4) is 11.3 Å². The minimum absolute atomic E-state index is 0.0411. The molecule has 5 heteroatoms. The fourth-order valence-corrected chi connectivity index (χ4v) is 1.31. The van der Waals surface area contributed by atoms with Crippen molar-refractivity contribution >= 4 is 5.97 Å². The molecule has 0 spiro atoms. The molecule has 2 aromatic rings. The van der Waals surface area contributed by atoms with E-state index in [4.69, 9.17) is 5.11 Å². The summed E-state index contributed by atoms with van der Waals surface area (Å²) in [7, 11) is 0. The first-order valence-corrected chi connectivity index (χ1v) is 4.21. The van der Waals surface area contributed by atoms with Gasteiger partial charge in [-0.3, -0.25) is 0 Å². The molecule has 0 amide bonds. The first-order valence-electron chi connectivity index (χ1n) is 4.21. The van der Waals surface area contributed by atoms with Gasteiger partial charge in [0.05, 0.1) is 6.33 Å². The Kier molecular flexibility index (Phi) is 2.21. The van der Waals surface area contributed by atoms with Crippen molar-refractivity contribution in [2.45, 2.75) is 0 Å². The SMILES string of the molecule is O=C(O)c1[nH]cnc1-c1cccc(F)c1. The van der Waals surface area contributed by atoms with Gasteiger partial charge >= 0.3 is 5.97 Å². The van der Waals surface area contributed by atoms with Gasteiger partial charge in [-0.25, -0.2) is 14.2 Å².